The molecule has 0 spiro atoms. The lowest BCUT2D eigenvalue weighted by Gasteiger charge is -2.35. The molecule has 1 amide bonds. The summed E-state index contributed by atoms with van der Waals surface area (Å²) >= 11 is 0. The van der Waals surface area contributed by atoms with Gasteiger partial charge >= 0.3 is 0 Å². The Bertz CT molecular complexity index is 845. The van der Waals surface area contributed by atoms with Crippen LogP contribution in [0.2, 0.25) is 0 Å². The van der Waals surface area contributed by atoms with E-state index in [1.54, 1.807) is 23.2 Å². The van der Waals surface area contributed by atoms with Crippen LogP contribution in [0.25, 0.3) is 0 Å². The first kappa shape index (κ1) is 17.6. The van der Waals surface area contributed by atoms with Gasteiger partial charge in [0.2, 0.25) is 0 Å². The number of ether oxygens (including phenoxy) is 1. The second-order valence-electron chi connectivity index (χ2n) is 5.75. The fourth-order valence-corrected chi connectivity index (χ4v) is 2.67. The third-order valence-electron chi connectivity index (χ3n) is 4.08. The molecular weight excluding hydrogens is 342 g/mol. The number of anilines is 1. The molecule has 0 bridgehead atoms. The van der Waals surface area contributed by atoms with Gasteiger partial charge in [0.15, 0.2) is 18.2 Å². The third kappa shape index (κ3) is 4.06. The largest absolute Gasteiger partial charge is 0.481 e. The summed E-state index contributed by atoms with van der Waals surface area (Å²) in [5.41, 5.74) is 0.531. The summed E-state index contributed by atoms with van der Waals surface area (Å²) < 4.78 is 31.5. The topological polar surface area (TPSA) is 69.5 Å². The van der Waals surface area contributed by atoms with Crippen molar-refractivity contribution in [2.75, 3.05) is 37.7 Å². The second kappa shape index (κ2) is 7.78. The van der Waals surface area contributed by atoms with E-state index in [2.05, 4.69) is 11.1 Å². The van der Waals surface area contributed by atoms with Crippen LogP contribution in [0, 0.1) is 23.0 Å². The van der Waals surface area contributed by atoms with Crippen molar-refractivity contribution in [3.05, 3.63) is 53.7 Å². The minimum atomic E-state index is -0.842. The number of hydrogen-bond acceptors (Lipinski definition) is 5. The first-order valence-electron chi connectivity index (χ1n) is 8.03. The highest BCUT2D eigenvalue weighted by atomic mass is 19.1. The van der Waals surface area contributed by atoms with E-state index in [9.17, 15) is 13.6 Å². The number of nitriles is 1. The Morgan fingerprint density at radius 1 is 1.19 bits per heavy atom. The minimum absolute atomic E-state index is 0.157. The molecule has 6 nitrogen and oxygen atoms in total. The molecule has 0 atom stereocenters. The van der Waals surface area contributed by atoms with Crippen LogP contribution in [0.15, 0.2) is 36.5 Å². The fraction of sp³-hybridized carbons (Fsp3) is 0.278. The molecule has 0 unspecified atom stereocenters. The number of benzene rings is 1. The van der Waals surface area contributed by atoms with E-state index in [1.807, 2.05) is 4.90 Å². The molecule has 1 fully saturated rings. The molecule has 0 saturated carbocycles. The zero-order valence-electron chi connectivity index (χ0n) is 13.9. The number of carbonyl (C=O) groups is 1. The van der Waals surface area contributed by atoms with E-state index in [1.165, 1.54) is 0 Å². The molecule has 1 aliphatic rings. The lowest BCUT2D eigenvalue weighted by atomic mass is 10.2. The Morgan fingerprint density at radius 3 is 2.65 bits per heavy atom. The van der Waals surface area contributed by atoms with Gasteiger partial charge in [-0.2, -0.15) is 5.26 Å². The highest BCUT2D eigenvalue weighted by Crippen LogP contribution is 2.18. The number of pyridine rings is 1. The number of aromatic nitrogens is 1. The van der Waals surface area contributed by atoms with E-state index in [4.69, 9.17) is 10.00 Å². The molecule has 0 N–H and O–H groups in total. The van der Waals surface area contributed by atoms with E-state index in [-0.39, 0.29) is 18.3 Å². The van der Waals surface area contributed by atoms with Crippen LogP contribution in [0.3, 0.4) is 0 Å². The summed E-state index contributed by atoms with van der Waals surface area (Å²) in [6, 6.07) is 8.35. The number of amides is 1. The summed E-state index contributed by atoms with van der Waals surface area (Å²) in [6.07, 6.45) is 1.58. The molecular formula is C18H16F2N4O2. The van der Waals surface area contributed by atoms with Gasteiger partial charge in [-0.25, -0.2) is 13.8 Å². The molecule has 2 heterocycles. The molecule has 3 rings (SSSR count). The second-order valence-corrected chi connectivity index (χ2v) is 5.75. The quantitative estimate of drug-likeness (QED) is 0.836. The van der Waals surface area contributed by atoms with Crippen molar-refractivity contribution >= 4 is 11.7 Å². The van der Waals surface area contributed by atoms with Crippen molar-refractivity contribution in [1.82, 2.24) is 9.88 Å². The van der Waals surface area contributed by atoms with Crippen LogP contribution >= 0.6 is 0 Å². The van der Waals surface area contributed by atoms with Crippen LogP contribution < -0.4 is 9.64 Å². The van der Waals surface area contributed by atoms with Crippen LogP contribution in [0.5, 0.6) is 5.75 Å². The maximum atomic E-state index is 13.5. The number of carbonyl (C=O) groups excluding carboxylic acids is 1. The van der Waals surface area contributed by atoms with Gasteiger partial charge in [0.1, 0.15) is 11.6 Å². The highest BCUT2D eigenvalue weighted by molar-refractivity contribution is 5.78. The van der Waals surface area contributed by atoms with Crippen LogP contribution in [-0.2, 0) is 4.79 Å². The predicted molar refractivity (Wildman–Crippen MR) is 89.6 cm³/mol. The lowest BCUT2D eigenvalue weighted by molar-refractivity contribution is -0.133. The predicted octanol–water partition coefficient (Wildman–Crippen LogP) is 1.96. The maximum absolute atomic E-state index is 13.5. The third-order valence-corrected chi connectivity index (χ3v) is 4.08. The SMILES string of the molecule is N#Cc1ccnc(N2CCN(C(=O)COc3ccc(F)cc3F)CC2)c1. The van der Waals surface area contributed by atoms with Crippen LogP contribution in [0.4, 0.5) is 14.6 Å². The van der Waals surface area contributed by atoms with Gasteiger partial charge in [0.05, 0.1) is 11.6 Å². The molecule has 0 radical (unpaired) electrons. The van der Waals surface area contributed by atoms with Crippen molar-refractivity contribution in [1.29, 1.82) is 5.26 Å². The van der Waals surface area contributed by atoms with E-state index in [0.717, 1.165) is 12.1 Å². The van der Waals surface area contributed by atoms with E-state index < -0.39 is 11.6 Å². The van der Waals surface area contributed by atoms with Crippen molar-refractivity contribution in [2.24, 2.45) is 0 Å². The van der Waals surface area contributed by atoms with E-state index >= 15 is 0 Å². The molecule has 26 heavy (non-hydrogen) atoms. The number of halogens is 2. The summed E-state index contributed by atoms with van der Waals surface area (Å²) in [4.78, 5) is 20.1. The van der Waals surface area contributed by atoms with Gasteiger partial charge in [-0.15, -0.1) is 0 Å². The lowest BCUT2D eigenvalue weighted by Crippen LogP contribution is -2.50. The molecule has 2 aromatic rings. The Morgan fingerprint density at radius 2 is 1.96 bits per heavy atom. The molecule has 134 valence electrons. The smallest absolute Gasteiger partial charge is 0.260 e. The molecule has 8 heteroatoms. The number of rotatable bonds is 4. The average Bonchev–Trinajstić information content (AvgIpc) is 2.67. The zero-order valence-corrected chi connectivity index (χ0v) is 13.9. The first-order valence-corrected chi connectivity index (χ1v) is 8.03. The van der Waals surface area contributed by atoms with Gasteiger partial charge in [0, 0.05) is 38.4 Å². The monoisotopic (exact) mass is 358 g/mol. The van der Waals surface area contributed by atoms with Gasteiger partial charge in [-0.1, -0.05) is 0 Å². The zero-order chi connectivity index (χ0) is 18.5. The van der Waals surface area contributed by atoms with Gasteiger partial charge in [0.25, 0.3) is 5.91 Å². The van der Waals surface area contributed by atoms with Gasteiger partial charge in [-0.3, -0.25) is 4.79 Å². The number of hydrogen-bond donors (Lipinski definition) is 0. The Labute approximate surface area is 149 Å². The van der Waals surface area contributed by atoms with Crippen LogP contribution in [0.1, 0.15) is 5.56 Å². The molecule has 0 aliphatic carbocycles. The fourth-order valence-electron chi connectivity index (χ4n) is 2.67. The van der Waals surface area contributed by atoms with Crippen molar-refractivity contribution in [3.63, 3.8) is 0 Å². The maximum Gasteiger partial charge on any atom is 0.260 e. The van der Waals surface area contributed by atoms with Crippen molar-refractivity contribution < 1.29 is 18.3 Å². The van der Waals surface area contributed by atoms with Crippen LogP contribution in [-0.4, -0.2) is 48.6 Å². The molecule has 1 aliphatic heterocycles. The standard InChI is InChI=1S/C18H16F2N4O2/c19-14-1-2-16(15(20)10-14)26-12-18(25)24-7-5-23(6-8-24)17-9-13(11-21)3-4-22-17/h1-4,9-10H,5-8,12H2. The normalized spacial score (nSPS) is 14.0. The number of nitrogens with zero attached hydrogens (tertiary/aromatic N) is 4. The van der Waals surface area contributed by atoms with Gasteiger partial charge < -0.3 is 14.5 Å². The van der Waals surface area contributed by atoms with Crippen molar-refractivity contribution in [2.45, 2.75) is 0 Å². The molecule has 1 saturated heterocycles. The Hall–Kier alpha value is -3.21. The Balaban J connectivity index is 1.52. The average molecular weight is 358 g/mol. The highest BCUT2D eigenvalue weighted by Gasteiger charge is 2.22. The summed E-state index contributed by atoms with van der Waals surface area (Å²) in [7, 11) is 0. The summed E-state index contributed by atoms with van der Waals surface area (Å²) in [5, 5.41) is 8.95. The summed E-state index contributed by atoms with van der Waals surface area (Å²) in [6.45, 7) is 1.75. The molecule has 1 aromatic heterocycles. The Kier molecular flexibility index (Phi) is 5.27. The van der Waals surface area contributed by atoms with Gasteiger partial charge in [-0.05, 0) is 24.3 Å². The first-order chi connectivity index (χ1) is 12.6. The van der Waals surface area contributed by atoms with Crippen molar-refractivity contribution in [3.8, 4) is 11.8 Å². The van der Waals surface area contributed by atoms with E-state index in [0.29, 0.717) is 43.6 Å². The molecule has 1 aromatic carbocycles. The minimum Gasteiger partial charge on any atom is -0.481 e. The number of piperazine rings is 1. The summed E-state index contributed by atoms with van der Waals surface area (Å²) in [5.74, 6) is -1.28.